The van der Waals surface area contributed by atoms with Crippen LogP contribution < -0.4 is 0 Å². The molecule has 4 heterocycles. The third kappa shape index (κ3) is 4.39. The summed E-state index contributed by atoms with van der Waals surface area (Å²) in [6.07, 6.45) is 5.62. The quantitative estimate of drug-likeness (QED) is 0.498. The van der Waals surface area contributed by atoms with E-state index in [4.69, 9.17) is 9.73 Å². The summed E-state index contributed by atoms with van der Waals surface area (Å²) in [5.41, 5.74) is 4.35. The molecule has 0 N–H and O–H groups in total. The summed E-state index contributed by atoms with van der Waals surface area (Å²) in [6, 6.07) is 16.5. The Morgan fingerprint density at radius 3 is 2.08 bits per heavy atom. The summed E-state index contributed by atoms with van der Waals surface area (Å²) in [7, 11) is -1.30. The third-order valence-electron chi connectivity index (χ3n) is 7.45. The molecular weight excluding hydrogens is 490 g/mol. The van der Waals surface area contributed by atoms with Crippen molar-refractivity contribution in [1.82, 2.24) is 19.0 Å². The first kappa shape index (κ1) is 24.0. The number of hydrogen-bond donors (Lipinski definition) is 0. The molecule has 192 valence electrons. The molecule has 37 heavy (non-hydrogen) atoms. The zero-order valence-corrected chi connectivity index (χ0v) is 21.7. The van der Waals surface area contributed by atoms with Gasteiger partial charge in [-0.3, -0.25) is 14.4 Å². The molecule has 3 aromatic rings. The minimum Gasteiger partial charge on any atom is -0.378 e. The maximum atomic E-state index is 13.5. The van der Waals surface area contributed by atoms with E-state index < -0.39 is 15.6 Å². The maximum absolute atomic E-state index is 13.5. The van der Waals surface area contributed by atoms with Crippen molar-refractivity contribution in [3.63, 3.8) is 0 Å². The van der Waals surface area contributed by atoms with E-state index >= 15 is 0 Å². The summed E-state index contributed by atoms with van der Waals surface area (Å²) in [5.74, 6) is 0.679. The van der Waals surface area contributed by atoms with Crippen LogP contribution in [0.5, 0.6) is 0 Å². The fraction of sp³-hybridized carbons (Fsp3) is 0.370. The van der Waals surface area contributed by atoms with E-state index in [0.29, 0.717) is 38.5 Å². The van der Waals surface area contributed by atoms with Crippen LogP contribution in [-0.2, 0) is 26.6 Å². The average molecular weight is 520 g/mol. The Kier molecular flexibility index (Phi) is 5.78. The van der Waals surface area contributed by atoms with E-state index in [0.717, 1.165) is 27.8 Å². The molecule has 2 fully saturated rings. The van der Waals surface area contributed by atoms with Crippen molar-refractivity contribution in [1.29, 1.82) is 0 Å². The van der Waals surface area contributed by atoms with Gasteiger partial charge >= 0.3 is 0 Å². The average Bonchev–Trinajstić information content (AvgIpc) is 3.57. The monoisotopic (exact) mass is 519 g/mol. The summed E-state index contributed by atoms with van der Waals surface area (Å²) in [4.78, 5) is 20.2. The third-order valence-corrected chi connectivity index (χ3v) is 8.69. The van der Waals surface area contributed by atoms with Crippen LogP contribution in [0.3, 0.4) is 0 Å². The molecule has 0 saturated carbocycles. The van der Waals surface area contributed by atoms with Gasteiger partial charge in [0, 0.05) is 63.0 Å². The van der Waals surface area contributed by atoms with Gasteiger partial charge in [0.25, 0.3) is 5.91 Å². The predicted octanol–water partition coefficient (Wildman–Crippen LogP) is 2.39. The van der Waals surface area contributed by atoms with Crippen LogP contribution in [0.15, 0.2) is 65.9 Å². The number of aliphatic imine (C=N–C) groups is 1. The van der Waals surface area contributed by atoms with Gasteiger partial charge in [-0.05, 0) is 16.7 Å². The maximum Gasteiger partial charge on any atom is 0.258 e. The molecule has 1 atom stereocenters. The lowest BCUT2D eigenvalue weighted by Gasteiger charge is -2.39. The number of amides is 1. The van der Waals surface area contributed by atoms with Crippen molar-refractivity contribution in [2.24, 2.45) is 18.0 Å². The highest BCUT2D eigenvalue weighted by molar-refractivity contribution is 7.88. The Bertz CT molecular complexity index is 1470. The summed E-state index contributed by atoms with van der Waals surface area (Å²) >= 11 is 0. The molecule has 1 unspecified atom stereocenters. The standard InChI is InChI=1S/C27H29N5O4S/c1-30-17-24(13-28-30)22-5-3-20(4-6-22)21-7-9-23(10-8-21)25-29-27(11-12-36-18-27)26(33)32(25)16-19-14-31(15-19)37(2,34)35/h3-10,13,17,19H,11-12,14-16,18H2,1-2H3. The second-order valence-corrected chi connectivity index (χ2v) is 12.2. The lowest BCUT2D eigenvalue weighted by molar-refractivity contribution is -0.131. The molecule has 0 radical (unpaired) electrons. The molecule has 2 saturated heterocycles. The van der Waals surface area contributed by atoms with Gasteiger partial charge in [-0.2, -0.15) is 5.10 Å². The first-order chi connectivity index (χ1) is 17.7. The Hall–Kier alpha value is -3.34. The van der Waals surface area contributed by atoms with Gasteiger partial charge in [-0.25, -0.2) is 17.7 Å². The first-order valence-electron chi connectivity index (χ1n) is 12.4. The first-order valence-corrected chi connectivity index (χ1v) is 14.2. The highest BCUT2D eigenvalue weighted by atomic mass is 32.2. The number of nitrogens with zero attached hydrogens (tertiary/aromatic N) is 5. The highest BCUT2D eigenvalue weighted by Crippen LogP contribution is 2.35. The van der Waals surface area contributed by atoms with Gasteiger partial charge in [0.2, 0.25) is 10.0 Å². The molecule has 2 aromatic carbocycles. The van der Waals surface area contributed by atoms with Crippen LogP contribution in [0.25, 0.3) is 22.3 Å². The fourth-order valence-corrected chi connectivity index (χ4v) is 6.23. The SMILES string of the molecule is Cn1cc(-c2ccc(-c3ccc(C4=NC5(CCOC5)C(=O)N4CC4CN(S(C)(=O)=O)C4)cc3)cc2)cn1. The van der Waals surface area contributed by atoms with E-state index in [1.807, 2.05) is 43.7 Å². The van der Waals surface area contributed by atoms with Gasteiger partial charge in [0.1, 0.15) is 5.84 Å². The van der Waals surface area contributed by atoms with Crippen LogP contribution >= 0.6 is 0 Å². The molecule has 10 heteroatoms. The van der Waals surface area contributed by atoms with Crippen molar-refractivity contribution >= 4 is 21.8 Å². The zero-order chi connectivity index (χ0) is 25.8. The summed E-state index contributed by atoms with van der Waals surface area (Å²) in [5, 5.41) is 4.24. The zero-order valence-electron chi connectivity index (χ0n) is 20.9. The largest absolute Gasteiger partial charge is 0.378 e. The van der Waals surface area contributed by atoms with Crippen LogP contribution in [0.2, 0.25) is 0 Å². The van der Waals surface area contributed by atoms with Crippen LogP contribution in [-0.4, -0.2) is 83.8 Å². The number of ether oxygens (including phenoxy) is 1. The number of rotatable bonds is 6. The number of aromatic nitrogens is 2. The van der Waals surface area contributed by atoms with Crippen molar-refractivity contribution in [2.75, 3.05) is 39.1 Å². The molecule has 1 spiro atoms. The molecule has 0 bridgehead atoms. The number of carbonyl (C=O) groups excluding carboxylic acids is 1. The number of amidine groups is 1. The highest BCUT2D eigenvalue weighted by Gasteiger charge is 2.52. The lowest BCUT2D eigenvalue weighted by Crippen LogP contribution is -2.55. The van der Waals surface area contributed by atoms with Crippen molar-refractivity contribution in [3.05, 3.63) is 66.5 Å². The van der Waals surface area contributed by atoms with E-state index in [2.05, 4.69) is 29.4 Å². The van der Waals surface area contributed by atoms with Crippen LogP contribution in [0.1, 0.15) is 12.0 Å². The molecule has 3 aliphatic heterocycles. The lowest BCUT2D eigenvalue weighted by atomic mass is 9.97. The van der Waals surface area contributed by atoms with Gasteiger partial charge < -0.3 is 4.74 Å². The second kappa shape index (κ2) is 8.90. The minimum absolute atomic E-state index is 0.0483. The van der Waals surface area contributed by atoms with Gasteiger partial charge in [0.15, 0.2) is 5.54 Å². The number of benzene rings is 2. The topological polar surface area (TPSA) is 97.1 Å². The molecule has 1 amide bonds. The van der Waals surface area contributed by atoms with E-state index in [-0.39, 0.29) is 18.4 Å². The van der Waals surface area contributed by atoms with E-state index in [1.54, 1.807) is 9.58 Å². The smallest absolute Gasteiger partial charge is 0.258 e. The molecular formula is C27H29N5O4S. The molecule has 0 aliphatic carbocycles. The van der Waals surface area contributed by atoms with Crippen LogP contribution in [0, 0.1) is 5.92 Å². The van der Waals surface area contributed by atoms with E-state index in [9.17, 15) is 13.2 Å². The van der Waals surface area contributed by atoms with Crippen LogP contribution in [0.4, 0.5) is 0 Å². The number of carbonyl (C=O) groups is 1. The second-order valence-electron chi connectivity index (χ2n) is 10.2. The minimum atomic E-state index is -3.21. The van der Waals surface area contributed by atoms with Crippen molar-refractivity contribution in [3.8, 4) is 22.3 Å². The molecule has 1 aromatic heterocycles. The van der Waals surface area contributed by atoms with Crippen molar-refractivity contribution in [2.45, 2.75) is 12.0 Å². The van der Waals surface area contributed by atoms with E-state index in [1.165, 1.54) is 10.6 Å². The Labute approximate surface area is 216 Å². The Morgan fingerprint density at radius 2 is 1.57 bits per heavy atom. The number of aryl methyl sites for hydroxylation is 1. The molecule has 6 rings (SSSR count). The summed E-state index contributed by atoms with van der Waals surface area (Å²) < 4.78 is 32.4. The van der Waals surface area contributed by atoms with Gasteiger partial charge in [0.05, 0.1) is 19.1 Å². The fourth-order valence-electron chi connectivity index (χ4n) is 5.26. The Balaban J connectivity index is 1.23. The van der Waals surface area contributed by atoms with Gasteiger partial charge in [-0.1, -0.05) is 48.5 Å². The summed E-state index contributed by atoms with van der Waals surface area (Å²) in [6.45, 7) is 2.09. The predicted molar refractivity (Wildman–Crippen MR) is 140 cm³/mol. The van der Waals surface area contributed by atoms with Crippen molar-refractivity contribution < 1.29 is 17.9 Å². The normalized spacial score (nSPS) is 22.6. The van der Waals surface area contributed by atoms with Gasteiger partial charge in [-0.15, -0.1) is 0 Å². The number of hydrogen-bond acceptors (Lipinski definition) is 6. The molecule has 3 aliphatic rings. The number of sulfonamides is 1. The molecule has 9 nitrogen and oxygen atoms in total. The Morgan fingerprint density at radius 1 is 0.973 bits per heavy atom.